The summed E-state index contributed by atoms with van der Waals surface area (Å²) in [6.45, 7) is 1.35. The van der Waals surface area contributed by atoms with Crippen LogP contribution in [0.25, 0.3) is 0 Å². The van der Waals surface area contributed by atoms with E-state index in [9.17, 15) is 4.79 Å². The van der Waals surface area contributed by atoms with E-state index in [1.165, 1.54) is 17.4 Å². The van der Waals surface area contributed by atoms with E-state index in [-0.39, 0.29) is 5.97 Å². The van der Waals surface area contributed by atoms with Gasteiger partial charge in [0.2, 0.25) is 0 Å². The third-order valence-corrected chi connectivity index (χ3v) is 3.03. The van der Waals surface area contributed by atoms with Crippen LogP contribution in [0.15, 0.2) is 73.0 Å². The van der Waals surface area contributed by atoms with Crippen molar-refractivity contribution in [2.75, 3.05) is 0 Å². The molecule has 0 saturated carbocycles. The van der Waals surface area contributed by atoms with Crippen LogP contribution in [-0.4, -0.2) is 5.97 Å². The summed E-state index contributed by atoms with van der Waals surface area (Å²) < 4.78 is 10.1. The quantitative estimate of drug-likeness (QED) is 0.792. The molecule has 0 atom stereocenters. The van der Waals surface area contributed by atoms with E-state index in [4.69, 9.17) is 4.74 Å². The van der Waals surface area contributed by atoms with Crippen LogP contribution in [-0.2, 0) is 27.5 Å². The van der Waals surface area contributed by atoms with Crippen molar-refractivity contribution in [3.8, 4) is 0 Å². The highest BCUT2D eigenvalue weighted by Gasteiger charge is 2.01. The molecule has 0 aliphatic carbocycles. The fourth-order valence-corrected chi connectivity index (χ4v) is 1.89. The molecule has 22 heavy (non-hydrogen) atoms. The Morgan fingerprint density at radius 3 is 1.77 bits per heavy atom. The average molecular weight is 296 g/mol. The minimum Gasteiger partial charge on any atom is -0.435 e. The summed E-state index contributed by atoms with van der Waals surface area (Å²) in [5.74, 6) is -0.123. The molecule has 3 rings (SSSR count). The maximum Gasteiger partial charge on any atom is 0.310 e. The molecule has 0 unspecified atom stereocenters. The first-order chi connectivity index (χ1) is 10.8. The molecule has 2 aromatic rings. The van der Waals surface area contributed by atoms with Gasteiger partial charge in [0, 0.05) is 6.42 Å². The Morgan fingerprint density at radius 2 is 1.41 bits per heavy atom. The number of ether oxygens (including phenoxy) is 2. The monoisotopic (exact) mass is 296 g/mol. The van der Waals surface area contributed by atoms with Crippen molar-refractivity contribution < 1.29 is 14.3 Å². The molecule has 0 amide bonds. The largest absolute Gasteiger partial charge is 0.435 e. The van der Waals surface area contributed by atoms with Crippen LogP contribution in [0.3, 0.4) is 0 Å². The second-order valence-corrected chi connectivity index (χ2v) is 4.86. The maximum absolute atomic E-state index is 10.2. The van der Waals surface area contributed by atoms with Crippen molar-refractivity contribution in [3.63, 3.8) is 0 Å². The highest BCUT2D eigenvalue weighted by Crippen LogP contribution is 2.05. The van der Waals surface area contributed by atoms with Crippen molar-refractivity contribution in [2.45, 2.75) is 26.1 Å². The predicted octanol–water partition coefficient (Wildman–Crippen LogP) is 4.24. The zero-order valence-corrected chi connectivity index (χ0v) is 12.5. The minimum absolute atomic E-state index is 0.123. The van der Waals surface area contributed by atoms with E-state index in [0.29, 0.717) is 19.6 Å². The third kappa shape index (κ3) is 6.37. The van der Waals surface area contributed by atoms with Crippen LogP contribution in [0.1, 0.15) is 24.0 Å². The van der Waals surface area contributed by atoms with Crippen LogP contribution in [0.5, 0.6) is 0 Å². The summed E-state index contributed by atoms with van der Waals surface area (Å²) in [4.78, 5) is 10.2. The summed E-state index contributed by atoms with van der Waals surface area (Å²) >= 11 is 0. The van der Waals surface area contributed by atoms with Crippen LogP contribution in [0.4, 0.5) is 0 Å². The van der Waals surface area contributed by atoms with Gasteiger partial charge < -0.3 is 9.47 Å². The predicted molar refractivity (Wildman–Crippen MR) is 85.8 cm³/mol. The Bertz CT molecular complexity index is 537. The first kappa shape index (κ1) is 16.0. The summed E-state index contributed by atoms with van der Waals surface area (Å²) in [6, 6.07) is 20.4. The molecule has 1 aliphatic rings. The Kier molecular flexibility index (Phi) is 6.93. The number of carbonyl (C=O) groups excluding carboxylic acids is 1. The third-order valence-electron chi connectivity index (χ3n) is 3.03. The fraction of sp³-hybridized carbons (Fsp3) is 0.211. The fourth-order valence-electron chi connectivity index (χ4n) is 1.89. The molecule has 1 heterocycles. The Morgan fingerprint density at radius 1 is 0.864 bits per heavy atom. The molecule has 0 fully saturated rings. The van der Waals surface area contributed by atoms with E-state index in [1.807, 2.05) is 42.5 Å². The van der Waals surface area contributed by atoms with Crippen LogP contribution >= 0.6 is 0 Å². The van der Waals surface area contributed by atoms with Gasteiger partial charge in [-0.25, -0.2) is 0 Å². The average Bonchev–Trinajstić information content (AvgIpc) is 2.58. The Hall–Kier alpha value is -2.39. The van der Waals surface area contributed by atoms with Crippen LogP contribution in [0, 0.1) is 0 Å². The smallest absolute Gasteiger partial charge is 0.310 e. The van der Waals surface area contributed by atoms with Gasteiger partial charge in [-0.2, -0.15) is 0 Å². The van der Waals surface area contributed by atoms with Gasteiger partial charge in [-0.1, -0.05) is 60.7 Å². The normalized spacial score (nSPS) is 13.0. The van der Waals surface area contributed by atoms with E-state index in [0.717, 1.165) is 6.42 Å². The molecule has 0 radical (unpaired) electrons. The van der Waals surface area contributed by atoms with Crippen molar-refractivity contribution in [2.24, 2.45) is 0 Å². The lowest BCUT2D eigenvalue weighted by Gasteiger charge is -2.03. The number of rotatable bonds is 4. The van der Waals surface area contributed by atoms with E-state index >= 15 is 0 Å². The molecule has 3 heteroatoms. The number of hydrogen-bond donors (Lipinski definition) is 0. The number of allylic oxidation sites excluding steroid dienone is 1. The molecule has 0 N–H and O–H groups in total. The second kappa shape index (κ2) is 9.53. The van der Waals surface area contributed by atoms with Gasteiger partial charge in [0.15, 0.2) is 0 Å². The number of cyclic esters (lactones) is 1. The molecule has 0 aromatic heterocycles. The summed E-state index contributed by atoms with van der Waals surface area (Å²) in [7, 11) is 0. The van der Waals surface area contributed by atoms with Gasteiger partial charge in [0.1, 0.15) is 0 Å². The van der Waals surface area contributed by atoms with Crippen LogP contribution < -0.4 is 0 Å². The van der Waals surface area contributed by atoms with Gasteiger partial charge in [0.25, 0.3) is 0 Å². The van der Waals surface area contributed by atoms with Gasteiger partial charge in [-0.15, -0.1) is 0 Å². The molecular weight excluding hydrogens is 276 g/mol. The molecule has 3 nitrogen and oxygen atoms in total. The molecule has 0 spiro atoms. The van der Waals surface area contributed by atoms with Crippen molar-refractivity contribution >= 4 is 5.97 Å². The summed E-state index contributed by atoms with van der Waals surface area (Å²) in [5.41, 5.74) is 2.43. The number of carbonyl (C=O) groups is 1. The Balaban J connectivity index is 0.000000211. The first-order valence-electron chi connectivity index (χ1n) is 7.34. The molecule has 0 saturated heterocycles. The standard InChI is InChI=1S/C14H14O.C5H6O2/c1-3-7-13(8-4-1)11-15-12-14-9-5-2-6-10-14;6-5-3-1-2-4-7-5/h1-10H,11-12H2;2,4H,1,3H2. The molecule has 1 aliphatic heterocycles. The second-order valence-electron chi connectivity index (χ2n) is 4.86. The number of hydrogen-bond acceptors (Lipinski definition) is 3. The zero-order chi connectivity index (χ0) is 15.5. The lowest BCUT2D eigenvalue weighted by molar-refractivity contribution is -0.138. The number of benzene rings is 2. The number of esters is 1. The summed E-state index contributed by atoms with van der Waals surface area (Å²) in [5, 5.41) is 0. The highest BCUT2D eigenvalue weighted by atomic mass is 16.5. The van der Waals surface area contributed by atoms with E-state index in [2.05, 4.69) is 29.0 Å². The zero-order valence-electron chi connectivity index (χ0n) is 12.5. The summed E-state index contributed by atoms with van der Waals surface area (Å²) in [6.07, 6.45) is 4.64. The molecule has 0 bridgehead atoms. The highest BCUT2D eigenvalue weighted by molar-refractivity contribution is 5.70. The minimum atomic E-state index is -0.123. The van der Waals surface area contributed by atoms with Gasteiger partial charge >= 0.3 is 5.97 Å². The van der Waals surface area contributed by atoms with E-state index < -0.39 is 0 Å². The van der Waals surface area contributed by atoms with Crippen molar-refractivity contribution in [3.05, 3.63) is 84.1 Å². The van der Waals surface area contributed by atoms with Gasteiger partial charge in [0.05, 0.1) is 19.5 Å². The van der Waals surface area contributed by atoms with Gasteiger partial charge in [-0.05, 0) is 23.6 Å². The first-order valence-corrected chi connectivity index (χ1v) is 7.34. The van der Waals surface area contributed by atoms with Crippen molar-refractivity contribution in [1.82, 2.24) is 0 Å². The maximum atomic E-state index is 10.2. The lowest BCUT2D eigenvalue weighted by Crippen LogP contribution is -2.01. The molecule has 114 valence electrons. The van der Waals surface area contributed by atoms with Crippen molar-refractivity contribution in [1.29, 1.82) is 0 Å². The Labute approximate surface area is 131 Å². The van der Waals surface area contributed by atoms with Gasteiger partial charge in [-0.3, -0.25) is 4.79 Å². The topological polar surface area (TPSA) is 35.5 Å². The molecule has 2 aromatic carbocycles. The SMILES string of the molecule is O=C1CCC=CO1.c1ccc(COCc2ccccc2)cc1. The van der Waals surface area contributed by atoms with E-state index in [1.54, 1.807) is 0 Å². The lowest BCUT2D eigenvalue weighted by atomic mass is 10.2. The molecular formula is C19H20O3. The van der Waals surface area contributed by atoms with Crippen LogP contribution in [0.2, 0.25) is 0 Å².